The number of amides is 1. The lowest BCUT2D eigenvalue weighted by Gasteiger charge is -2.26. The first-order valence-electron chi connectivity index (χ1n) is 6.64. The fourth-order valence-electron chi connectivity index (χ4n) is 2.42. The van der Waals surface area contributed by atoms with Gasteiger partial charge < -0.3 is 10.2 Å². The van der Waals surface area contributed by atoms with Gasteiger partial charge in [0.15, 0.2) is 0 Å². The Bertz CT molecular complexity index is 500. The molecule has 1 aliphatic heterocycles. The minimum atomic E-state index is -4.38. The maximum Gasteiger partial charge on any atom is 0.406 e. The second-order valence-corrected chi connectivity index (χ2v) is 4.80. The van der Waals surface area contributed by atoms with Crippen molar-refractivity contribution in [2.24, 2.45) is 0 Å². The Morgan fingerprint density at radius 2 is 2.15 bits per heavy atom. The summed E-state index contributed by atoms with van der Waals surface area (Å²) in [5.41, 5.74) is 2.05. The molecule has 1 aliphatic rings. The van der Waals surface area contributed by atoms with E-state index in [2.05, 4.69) is 5.32 Å². The van der Waals surface area contributed by atoms with E-state index in [1.54, 1.807) is 19.1 Å². The van der Waals surface area contributed by atoms with E-state index in [0.717, 1.165) is 29.1 Å². The predicted molar refractivity (Wildman–Crippen MR) is 70.9 cm³/mol. The van der Waals surface area contributed by atoms with Crippen LogP contribution in [0, 0.1) is 0 Å². The highest BCUT2D eigenvalue weighted by molar-refractivity contribution is 5.97. The number of alkyl halides is 3. The molecule has 0 saturated carbocycles. The lowest BCUT2D eigenvalue weighted by Crippen LogP contribution is -2.39. The van der Waals surface area contributed by atoms with E-state index in [0.29, 0.717) is 12.0 Å². The summed E-state index contributed by atoms with van der Waals surface area (Å²) >= 11 is 0. The lowest BCUT2D eigenvalue weighted by atomic mass is 9.97. The number of carbonyl (C=O) groups is 1. The molecule has 0 saturated heterocycles. The minimum absolute atomic E-state index is 0.0371. The van der Waals surface area contributed by atoms with Gasteiger partial charge in [0, 0.05) is 24.3 Å². The van der Waals surface area contributed by atoms with Gasteiger partial charge in [-0.3, -0.25) is 4.79 Å². The Labute approximate surface area is 115 Å². The molecule has 0 radical (unpaired) electrons. The van der Waals surface area contributed by atoms with Crippen molar-refractivity contribution in [3.8, 4) is 0 Å². The lowest BCUT2D eigenvalue weighted by molar-refractivity contribution is -0.140. The van der Waals surface area contributed by atoms with Crippen molar-refractivity contribution in [2.75, 3.05) is 25.0 Å². The summed E-state index contributed by atoms with van der Waals surface area (Å²) in [7, 11) is 0. The summed E-state index contributed by atoms with van der Waals surface area (Å²) < 4.78 is 37.5. The van der Waals surface area contributed by atoms with E-state index < -0.39 is 18.6 Å². The smallest absolute Gasteiger partial charge is 0.385 e. The third-order valence-corrected chi connectivity index (χ3v) is 3.36. The SMILES string of the molecule is CCN(CC(F)(F)F)C(=O)c1cccc2c1CCCN2. The zero-order chi connectivity index (χ0) is 14.8. The summed E-state index contributed by atoms with van der Waals surface area (Å²) in [6.07, 6.45) is -2.78. The van der Waals surface area contributed by atoms with Crippen LogP contribution in [0.2, 0.25) is 0 Å². The van der Waals surface area contributed by atoms with Crippen molar-refractivity contribution in [3.05, 3.63) is 29.3 Å². The monoisotopic (exact) mass is 286 g/mol. The highest BCUT2D eigenvalue weighted by Gasteiger charge is 2.33. The van der Waals surface area contributed by atoms with Gasteiger partial charge in [0.1, 0.15) is 6.54 Å². The molecule has 6 heteroatoms. The number of nitrogens with one attached hydrogen (secondary N) is 1. The van der Waals surface area contributed by atoms with Gasteiger partial charge in [0.25, 0.3) is 5.91 Å². The molecule has 1 N–H and O–H groups in total. The van der Waals surface area contributed by atoms with E-state index in [-0.39, 0.29) is 6.54 Å². The summed E-state index contributed by atoms with van der Waals surface area (Å²) in [5, 5.41) is 3.17. The second-order valence-electron chi connectivity index (χ2n) is 4.80. The predicted octanol–water partition coefficient (Wildman–Crippen LogP) is 3.07. The molecule has 3 nitrogen and oxygen atoms in total. The fourth-order valence-corrected chi connectivity index (χ4v) is 2.42. The topological polar surface area (TPSA) is 32.3 Å². The van der Waals surface area contributed by atoms with Crippen molar-refractivity contribution < 1.29 is 18.0 Å². The van der Waals surface area contributed by atoms with Gasteiger partial charge in [-0.25, -0.2) is 0 Å². The van der Waals surface area contributed by atoms with Crippen LogP contribution in [0.3, 0.4) is 0 Å². The van der Waals surface area contributed by atoms with Crippen molar-refractivity contribution in [3.63, 3.8) is 0 Å². The van der Waals surface area contributed by atoms with Gasteiger partial charge in [-0.05, 0) is 37.5 Å². The number of fused-ring (bicyclic) bond motifs is 1. The molecule has 20 heavy (non-hydrogen) atoms. The number of anilines is 1. The van der Waals surface area contributed by atoms with E-state index in [1.807, 2.05) is 6.07 Å². The third-order valence-electron chi connectivity index (χ3n) is 3.36. The van der Waals surface area contributed by atoms with Gasteiger partial charge in [-0.2, -0.15) is 13.2 Å². The van der Waals surface area contributed by atoms with Crippen LogP contribution in [-0.4, -0.2) is 36.6 Å². The highest BCUT2D eigenvalue weighted by Crippen LogP contribution is 2.27. The number of carbonyl (C=O) groups excluding carboxylic acids is 1. The molecule has 0 aliphatic carbocycles. The molecule has 0 unspecified atom stereocenters. The Morgan fingerprint density at radius 3 is 2.80 bits per heavy atom. The van der Waals surface area contributed by atoms with Crippen LogP contribution in [-0.2, 0) is 6.42 Å². The van der Waals surface area contributed by atoms with Gasteiger partial charge in [-0.15, -0.1) is 0 Å². The quantitative estimate of drug-likeness (QED) is 0.926. The Balaban J connectivity index is 2.28. The van der Waals surface area contributed by atoms with Crippen LogP contribution in [0.15, 0.2) is 18.2 Å². The van der Waals surface area contributed by atoms with Crippen LogP contribution in [0.1, 0.15) is 29.3 Å². The van der Waals surface area contributed by atoms with E-state index in [9.17, 15) is 18.0 Å². The average molecular weight is 286 g/mol. The fraction of sp³-hybridized carbons (Fsp3) is 0.500. The van der Waals surface area contributed by atoms with Gasteiger partial charge in [0.2, 0.25) is 0 Å². The largest absolute Gasteiger partial charge is 0.406 e. The Hall–Kier alpha value is -1.72. The average Bonchev–Trinajstić information content (AvgIpc) is 2.42. The third kappa shape index (κ3) is 3.23. The van der Waals surface area contributed by atoms with Gasteiger partial charge >= 0.3 is 6.18 Å². The summed E-state index contributed by atoms with van der Waals surface area (Å²) in [4.78, 5) is 13.2. The Morgan fingerprint density at radius 1 is 1.40 bits per heavy atom. The molecule has 0 bridgehead atoms. The maximum atomic E-state index is 12.5. The molecule has 1 aromatic rings. The van der Waals surface area contributed by atoms with Crippen molar-refractivity contribution in [1.82, 2.24) is 4.90 Å². The number of hydrogen-bond acceptors (Lipinski definition) is 2. The second kappa shape index (κ2) is 5.73. The molecule has 1 amide bonds. The number of hydrogen-bond donors (Lipinski definition) is 1. The van der Waals surface area contributed by atoms with Crippen LogP contribution in [0.4, 0.5) is 18.9 Å². The number of rotatable bonds is 3. The Kier molecular flexibility index (Phi) is 4.20. The van der Waals surface area contributed by atoms with E-state index >= 15 is 0 Å². The zero-order valence-electron chi connectivity index (χ0n) is 11.3. The van der Waals surface area contributed by atoms with Crippen LogP contribution >= 0.6 is 0 Å². The molecule has 0 spiro atoms. The van der Waals surface area contributed by atoms with Gasteiger partial charge in [0.05, 0.1) is 0 Å². The molecule has 0 atom stereocenters. The van der Waals surface area contributed by atoms with Crippen LogP contribution < -0.4 is 5.32 Å². The molecular formula is C14H17F3N2O. The number of benzene rings is 1. The van der Waals surface area contributed by atoms with Crippen LogP contribution in [0.25, 0.3) is 0 Å². The van der Waals surface area contributed by atoms with Crippen molar-refractivity contribution in [1.29, 1.82) is 0 Å². The summed E-state index contributed by atoms with van der Waals surface area (Å²) in [6, 6.07) is 5.16. The molecular weight excluding hydrogens is 269 g/mol. The normalized spacial score (nSPS) is 14.4. The number of halogens is 3. The van der Waals surface area contributed by atoms with E-state index in [4.69, 9.17) is 0 Å². The first-order valence-corrected chi connectivity index (χ1v) is 6.64. The zero-order valence-corrected chi connectivity index (χ0v) is 11.3. The highest BCUT2D eigenvalue weighted by atomic mass is 19.4. The molecule has 110 valence electrons. The molecule has 2 rings (SSSR count). The van der Waals surface area contributed by atoms with Crippen LogP contribution in [0.5, 0.6) is 0 Å². The molecule has 0 fully saturated rings. The van der Waals surface area contributed by atoms with E-state index in [1.165, 1.54) is 0 Å². The first kappa shape index (κ1) is 14.7. The minimum Gasteiger partial charge on any atom is -0.385 e. The maximum absolute atomic E-state index is 12.5. The summed E-state index contributed by atoms with van der Waals surface area (Å²) in [5.74, 6) is -0.551. The molecule has 1 aromatic carbocycles. The molecule has 1 heterocycles. The first-order chi connectivity index (χ1) is 9.42. The number of nitrogens with zero attached hydrogens (tertiary/aromatic N) is 1. The van der Waals surface area contributed by atoms with Crippen molar-refractivity contribution in [2.45, 2.75) is 25.9 Å². The van der Waals surface area contributed by atoms with Gasteiger partial charge in [-0.1, -0.05) is 6.07 Å². The van der Waals surface area contributed by atoms with Crippen molar-refractivity contribution >= 4 is 11.6 Å². The summed E-state index contributed by atoms with van der Waals surface area (Å²) in [6.45, 7) is 1.21. The molecule has 0 aromatic heterocycles. The standard InChI is InChI=1S/C14H17F3N2O/c1-2-19(9-14(15,16)17)13(20)11-5-3-7-12-10(11)6-4-8-18-12/h3,5,7,18H,2,4,6,8-9H2,1H3.